The third kappa shape index (κ3) is 2.54. The molecule has 2 N–H and O–H groups in total. The summed E-state index contributed by atoms with van der Waals surface area (Å²) in [7, 11) is 0. The first-order valence-corrected chi connectivity index (χ1v) is 7.57. The van der Waals surface area contributed by atoms with Crippen LogP contribution in [0.25, 0.3) is 0 Å². The van der Waals surface area contributed by atoms with Crippen molar-refractivity contribution in [1.82, 2.24) is 0 Å². The van der Waals surface area contributed by atoms with Crippen molar-refractivity contribution in [3.8, 4) is 5.75 Å². The fourth-order valence-electron chi connectivity index (χ4n) is 3.38. The van der Waals surface area contributed by atoms with E-state index in [1.807, 2.05) is 12.1 Å². The second-order valence-electron chi connectivity index (χ2n) is 6.31. The quantitative estimate of drug-likeness (QED) is 0.793. The molecule has 104 valence electrons. The van der Waals surface area contributed by atoms with Crippen molar-refractivity contribution in [3.63, 3.8) is 0 Å². The summed E-state index contributed by atoms with van der Waals surface area (Å²) >= 11 is 3.50. The molecule has 3 rings (SSSR count). The van der Waals surface area contributed by atoms with Crippen molar-refractivity contribution in [2.75, 3.05) is 6.61 Å². The Kier molecular flexibility index (Phi) is 3.15. The van der Waals surface area contributed by atoms with Crippen molar-refractivity contribution >= 4 is 15.9 Å². The number of hydrogen-bond donors (Lipinski definition) is 1. The van der Waals surface area contributed by atoms with Gasteiger partial charge in [-0.15, -0.1) is 0 Å². The zero-order valence-corrected chi connectivity index (χ0v) is 13.0. The van der Waals surface area contributed by atoms with Crippen LogP contribution < -0.4 is 10.5 Å². The van der Waals surface area contributed by atoms with E-state index in [4.69, 9.17) is 15.2 Å². The Morgan fingerprint density at radius 1 is 1.37 bits per heavy atom. The SMILES string of the molecule is CC1(C)CC2(CCO1)C[C@@H](N)c1ccc(Br)cc1O2. The molecule has 3 nitrogen and oxygen atoms in total. The number of hydrogen-bond acceptors (Lipinski definition) is 3. The van der Waals surface area contributed by atoms with Crippen LogP contribution in [0.3, 0.4) is 0 Å². The lowest BCUT2D eigenvalue weighted by molar-refractivity contribution is -0.141. The van der Waals surface area contributed by atoms with Crippen LogP contribution in [0.5, 0.6) is 5.75 Å². The predicted octanol–water partition coefficient (Wildman–Crippen LogP) is 3.56. The number of nitrogens with two attached hydrogens (primary N) is 1. The molecule has 2 heterocycles. The molecule has 2 aliphatic rings. The Labute approximate surface area is 122 Å². The summed E-state index contributed by atoms with van der Waals surface area (Å²) in [6, 6.07) is 6.15. The third-order valence-electron chi connectivity index (χ3n) is 4.09. The van der Waals surface area contributed by atoms with Crippen LogP contribution >= 0.6 is 15.9 Å². The molecule has 0 aromatic heterocycles. The average molecular weight is 326 g/mol. The van der Waals surface area contributed by atoms with Crippen LogP contribution in [0.2, 0.25) is 0 Å². The summed E-state index contributed by atoms with van der Waals surface area (Å²) < 4.78 is 13.2. The normalized spacial score (nSPS) is 32.7. The van der Waals surface area contributed by atoms with Gasteiger partial charge in [0.15, 0.2) is 0 Å². The van der Waals surface area contributed by atoms with Gasteiger partial charge in [0.05, 0.1) is 12.2 Å². The molecule has 19 heavy (non-hydrogen) atoms. The van der Waals surface area contributed by atoms with Crippen LogP contribution in [-0.4, -0.2) is 17.8 Å². The molecule has 0 saturated carbocycles. The lowest BCUT2D eigenvalue weighted by Gasteiger charge is -2.48. The zero-order valence-electron chi connectivity index (χ0n) is 11.4. The van der Waals surface area contributed by atoms with Gasteiger partial charge in [-0.25, -0.2) is 0 Å². The lowest BCUT2D eigenvalue weighted by Crippen LogP contribution is -2.52. The topological polar surface area (TPSA) is 44.5 Å². The van der Waals surface area contributed by atoms with E-state index in [0.29, 0.717) is 0 Å². The number of benzene rings is 1. The molecular weight excluding hydrogens is 306 g/mol. The van der Waals surface area contributed by atoms with E-state index in [1.54, 1.807) is 0 Å². The molecule has 1 fully saturated rings. The van der Waals surface area contributed by atoms with Gasteiger partial charge in [0.2, 0.25) is 0 Å². The first-order valence-electron chi connectivity index (χ1n) is 6.77. The second-order valence-corrected chi connectivity index (χ2v) is 7.23. The zero-order chi connectivity index (χ0) is 13.7. The minimum absolute atomic E-state index is 0.0470. The summed E-state index contributed by atoms with van der Waals surface area (Å²) in [4.78, 5) is 0. The Morgan fingerprint density at radius 3 is 2.89 bits per heavy atom. The maximum atomic E-state index is 6.36. The van der Waals surface area contributed by atoms with Crippen LogP contribution in [0.15, 0.2) is 22.7 Å². The van der Waals surface area contributed by atoms with E-state index in [2.05, 4.69) is 35.8 Å². The lowest BCUT2D eigenvalue weighted by atomic mass is 9.77. The van der Waals surface area contributed by atoms with Gasteiger partial charge in [-0.3, -0.25) is 0 Å². The summed E-state index contributed by atoms with van der Waals surface area (Å²) in [5, 5.41) is 0. The van der Waals surface area contributed by atoms with Gasteiger partial charge in [0, 0.05) is 35.3 Å². The van der Waals surface area contributed by atoms with E-state index in [-0.39, 0.29) is 17.2 Å². The first-order chi connectivity index (χ1) is 8.89. The maximum absolute atomic E-state index is 6.36. The highest BCUT2D eigenvalue weighted by molar-refractivity contribution is 9.10. The molecule has 1 aromatic rings. The van der Waals surface area contributed by atoms with E-state index < -0.39 is 0 Å². The van der Waals surface area contributed by atoms with E-state index in [1.165, 1.54) is 0 Å². The minimum atomic E-state index is -0.172. The Hall–Kier alpha value is -0.580. The number of ether oxygens (including phenoxy) is 2. The highest BCUT2D eigenvalue weighted by atomic mass is 79.9. The van der Waals surface area contributed by atoms with Gasteiger partial charge < -0.3 is 15.2 Å². The van der Waals surface area contributed by atoms with Crippen molar-refractivity contribution in [3.05, 3.63) is 28.2 Å². The molecule has 0 aliphatic carbocycles. The van der Waals surface area contributed by atoms with Crippen molar-refractivity contribution in [2.45, 2.75) is 50.4 Å². The predicted molar refractivity (Wildman–Crippen MR) is 78.3 cm³/mol. The second kappa shape index (κ2) is 4.47. The Bertz CT molecular complexity index is 503. The molecule has 0 amide bonds. The fraction of sp³-hybridized carbons (Fsp3) is 0.600. The Balaban J connectivity index is 1.95. The molecule has 1 aromatic carbocycles. The molecule has 1 saturated heterocycles. The van der Waals surface area contributed by atoms with E-state index in [0.717, 1.165) is 41.7 Å². The van der Waals surface area contributed by atoms with Crippen molar-refractivity contribution in [2.24, 2.45) is 5.73 Å². The molecule has 0 bridgehead atoms. The van der Waals surface area contributed by atoms with Crippen LogP contribution in [0.1, 0.15) is 44.7 Å². The summed E-state index contributed by atoms with van der Waals surface area (Å²) in [6.07, 6.45) is 2.67. The van der Waals surface area contributed by atoms with E-state index in [9.17, 15) is 0 Å². The molecular formula is C15H20BrNO2. The minimum Gasteiger partial charge on any atom is -0.487 e. The monoisotopic (exact) mass is 325 g/mol. The van der Waals surface area contributed by atoms with Crippen LogP contribution in [0, 0.1) is 0 Å². The average Bonchev–Trinajstić information content (AvgIpc) is 2.25. The van der Waals surface area contributed by atoms with Gasteiger partial charge in [-0.1, -0.05) is 22.0 Å². The van der Waals surface area contributed by atoms with Gasteiger partial charge >= 0.3 is 0 Å². The maximum Gasteiger partial charge on any atom is 0.126 e. The number of fused-ring (bicyclic) bond motifs is 1. The van der Waals surface area contributed by atoms with Crippen molar-refractivity contribution < 1.29 is 9.47 Å². The highest BCUT2D eigenvalue weighted by Crippen LogP contribution is 2.46. The highest BCUT2D eigenvalue weighted by Gasteiger charge is 2.46. The first kappa shape index (κ1) is 13.4. The molecule has 2 atom stereocenters. The Morgan fingerprint density at radius 2 is 2.16 bits per heavy atom. The van der Waals surface area contributed by atoms with Crippen molar-refractivity contribution in [1.29, 1.82) is 0 Å². The molecule has 1 spiro atoms. The van der Waals surface area contributed by atoms with Crippen LogP contribution in [0.4, 0.5) is 0 Å². The summed E-state index contributed by atoms with van der Waals surface area (Å²) in [5.74, 6) is 0.922. The summed E-state index contributed by atoms with van der Waals surface area (Å²) in [5.41, 5.74) is 7.15. The van der Waals surface area contributed by atoms with E-state index >= 15 is 0 Å². The standard InChI is InChI=1S/C15H20BrNO2/c1-14(2)9-15(5-6-18-14)8-12(17)11-4-3-10(16)7-13(11)19-15/h3-4,7,12H,5-6,8-9,17H2,1-2H3/t12-,15?/m1/s1. The molecule has 4 heteroatoms. The fourth-order valence-corrected chi connectivity index (χ4v) is 3.72. The van der Waals surface area contributed by atoms with Gasteiger partial charge in [0.1, 0.15) is 11.4 Å². The number of rotatable bonds is 0. The van der Waals surface area contributed by atoms with Gasteiger partial charge in [-0.2, -0.15) is 0 Å². The van der Waals surface area contributed by atoms with Gasteiger partial charge in [-0.05, 0) is 26.0 Å². The third-order valence-corrected chi connectivity index (χ3v) is 4.59. The molecule has 0 radical (unpaired) electrons. The van der Waals surface area contributed by atoms with Gasteiger partial charge in [0.25, 0.3) is 0 Å². The molecule has 2 aliphatic heterocycles. The summed E-state index contributed by atoms with van der Waals surface area (Å²) in [6.45, 7) is 4.99. The largest absolute Gasteiger partial charge is 0.487 e. The smallest absolute Gasteiger partial charge is 0.126 e. The number of halogens is 1. The molecule has 1 unspecified atom stereocenters. The van der Waals surface area contributed by atoms with Crippen LogP contribution in [-0.2, 0) is 4.74 Å².